The number of amides is 1. The quantitative estimate of drug-likeness (QED) is 0.552. The standard InChI is InChI=1S/C22H19F4N5O2/c1-12-13-8-18(19(9-13)33-20-5-2-14(11-27-20)22(24,25)26)30(12)21(32)16-10-15(23)3-4-17(16)31-28-6-7-29-31/h2-7,10-13,18-19H,8-9H2,1H3. The molecular formula is C22H19F4N5O2. The zero-order chi connectivity index (χ0) is 23.3. The molecule has 1 amide bonds. The Morgan fingerprint density at radius 2 is 1.88 bits per heavy atom. The van der Waals surface area contributed by atoms with E-state index in [4.69, 9.17) is 4.74 Å². The van der Waals surface area contributed by atoms with Gasteiger partial charge in [-0.25, -0.2) is 9.37 Å². The minimum atomic E-state index is -4.48. The molecule has 33 heavy (non-hydrogen) atoms. The summed E-state index contributed by atoms with van der Waals surface area (Å²) in [5, 5.41) is 8.09. The van der Waals surface area contributed by atoms with Gasteiger partial charge in [0.25, 0.3) is 5.91 Å². The minimum Gasteiger partial charge on any atom is -0.472 e. The number of halogens is 4. The van der Waals surface area contributed by atoms with Gasteiger partial charge in [0.05, 0.1) is 35.2 Å². The van der Waals surface area contributed by atoms with Gasteiger partial charge in [-0.15, -0.1) is 0 Å². The topological polar surface area (TPSA) is 73.1 Å². The lowest BCUT2D eigenvalue weighted by Gasteiger charge is -2.38. The average Bonchev–Trinajstić information content (AvgIpc) is 3.50. The van der Waals surface area contributed by atoms with E-state index in [0.717, 1.165) is 18.3 Å². The van der Waals surface area contributed by atoms with Crippen molar-refractivity contribution in [3.8, 4) is 11.6 Å². The number of carbonyl (C=O) groups is 1. The number of pyridine rings is 1. The molecule has 3 heterocycles. The van der Waals surface area contributed by atoms with E-state index >= 15 is 0 Å². The van der Waals surface area contributed by atoms with Crippen LogP contribution < -0.4 is 4.74 Å². The van der Waals surface area contributed by atoms with Crippen LogP contribution in [0.15, 0.2) is 48.9 Å². The Hall–Kier alpha value is -3.50. The van der Waals surface area contributed by atoms with Crippen LogP contribution in [0.3, 0.4) is 0 Å². The predicted octanol–water partition coefficient (Wildman–Crippen LogP) is 3.89. The monoisotopic (exact) mass is 461 g/mol. The van der Waals surface area contributed by atoms with Crippen LogP contribution in [0.25, 0.3) is 5.69 Å². The van der Waals surface area contributed by atoms with Crippen molar-refractivity contribution < 1.29 is 27.1 Å². The first-order valence-corrected chi connectivity index (χ1v) is 10.4. The fourth-order valence-corrected chi connectivity index (χ4v) is 4.80. The lowest BCUT2D eigenvalue weighted by Crippen LogP contribution is -2.51. The Bertz CT molecular complexity index is 1170. The summed E-state index contributed by atoms with van der Waals surface area (Å²) in [6.45, 7) is 1.93. The highest BCUT2D eigenvalue weighted by Gasteiger charge is 2.53. The van der Waals surface area contributed by atoms with Crippen molar-refractivity contribution in [2.24, 2.45) is 5.92 Å². The van der Waals surface area contributed by atoms with E-state index in [1.54, 1.807) is 4.90 Å². The van der Waals surface area contributed by atoms with Gasteiger partial charge in [0, 0.05) is 18.3 Å². The average molecular weight is 461 g/mol. The summed E-state index contributed by atoms with van der Waals surface area (Å²) >= 11 is 0. The number of likely N-dealkylation sites (tertiary alicyclic amines) is 1. The molecule has 2 bridgehead atoms. The van der Waals surface area contributed by atoms with E-state index in [1.165, 1.54) is 35.4 Å². The zero-order valence-corrected chi connectivity index (χ0v) is 17.4. The Balaban J connectivity index is 1.40. The summed E-state index contributed by atoms with van der Waals surface area (Å²) in [4.78, 5) is 20.3. The van der Waals surface area contributed by atoms with Gasteiger partial charge in [-0.3, -0.25) is 4.79 Å². The van der Waals surface area contributed by atoms with Crippen LogP contribution in [0.5, 0.6) is 5.88 Å². The summed E-state index contributed by atoms with van der Waals surface area (Å²) in [5.74, 6) is -0.727. The first kappa shape index (κ1) is 21.4. The van der Waals surface area contributed by atoms with Crippen LogP contribution in [0.4, 0.5) is 17.6 Å². The lowest BCUT2D eigenvalue weighted by atomic mass is 9.98. The second kappa shape index (κ2) is 7.82. The molecule has 3 aromatic rings. The summed E-state index contributed by atoms with van der Waals surface area (Å²) in [5.41, 5.74) is -0.390. The largest absolute Gasteiger partial charge is 0.472 e. The molecule has 2 fully saturated rings. The van der Waals surface area contributed by atoms with Crippen LogP contribution in [0.2, 0.25) is 0 Å². The minimum absolute atomic E-state index is 0.0628. The maximum atomic E-state index is 14.1. The zero-order valence-electron chi connectivity index (χ0n) is 17.4. The number of ether oxygens (including phenoxy) is 1. The van der Waals surface area contributed by atoms with Gasteiger partial charge in [0.2, 0.25) is 5.88 Å². The van der Waals surface area contributed by atoms with Crippen LogP contribution in [0, 0.1) is 11.7 Å². The first-order valence-electron chi connectivity index (χ1n) is 10.4. The lowest BCUT2D eigenvalue weighted by molar-refractivity contribution is -0.137. The number of nitrogens with zero attached hydrogens (tertiary/aromatic N) is 5. The van der Waals surface area contributed by atoms with Crippen LogP contribution in [-0.4, -0.2) is 49.0 Å². The summed E-state index contributed by atoms with van der Waals surface area (Å²) < 4.78 is 58.3. The molecular weight excluding hydrogens is 442 g/mol. The second-order valence-electron chi connectivity index (χ2n) is 8.27. The maximum Gasteiger partial charge on any atom is 0.417 e. The molecule has 4 atom stereocenters. The molecule has 0 radical (unpaired) electrons. The number of aromatic nitrogens is 4. The number of fused-ring (bicyclic) bond motifs is 2. The summed E-state index contributed by atoms with van der Waals surface area (Å²) in [6.07, 6.45) is 0.0576. The molecule has 1 saturated heterocycles. The van der Waals surface area contributed by atoms with Crippen molar-refractivity contribution in [2.75, 3.05) is 0 Å². The van der Waals surface area contributed by atoms with E-state index < -0.39 is 23.7 Å². The first-order chi connectivity index (χ1) is 15.7. The van der Waals surface area contributed by atoms with Gasteiger partial charge in [0.15, 0.2) is 0 Å². The third kappa shape index (κ3) is 3.81. The Labute approximate surface area is 186 Å². The van der Waals surface area contributed by atoms with E-state index in [-0.39, 0.29) is 35.4 Å². The van der Waals surface area contributed by atoms with Crippen LogP contribution in [0.1, 0.15) is 35.7 Å². The maximum absolute atomic E-state index is 14.1. The summed E-state index contributed by atoms with van der Waals surface area (Å²) in [7, 11) is 0. The van der Waals surface area contributed by atoms with E-state index in [0.29, 0.717) is 18.5 Å². The van der Waals surface area contributed by atoms with Gasteiger partial charge in [-0.1, -0.05) is 0 Å². The molecule has 0 N–H and O–H groups in total. The Morgan fingerprint density at radius 1 is 1.12 bits per heavy atom. The fraction of sp³-hybridized carbons (Fsp3) is 0.364. The molecule has 1 saturated carbocycles. The number of hydrogen-bond acceptors (Lipinski definition) is 5. The van der Waals surface area contributed by atoms with E-state index in [9.17, 15) is 22.4 Å². The van der Waals surface area contributed by atoms with E-state index in [2.05, 4.69) is 15.2 Å². The van der Waals surface area contributed by atoms with Crippen molar-refractivity contribution in [1.29, 1.82) is 0 Å². The number of benzene rings is 1. The fourth-order valence-electron chi connectivity index (χ4n) is 4.80. The van der Waals surface area contributed by atoms with Gasteiger partial charge in [-0.05, 0) is 49.9 Å². The third-order valence-electron chi connectivity index (χ3n) is 6.38. The number of hydrogen-bond donors (Lipinski definition) is 0. The molecule has 5 rings (SSSR count). The van der Waals surface area contributed by atoms with Crippen molar-refractivity contribution in [3.63, 3.8) is 0 Å². The molecule has 7 nitrogen and oxygen atoms in total. The molecule has 1 aliphatic heterocycles. The third-order valence-corrected chi connectivity index (χ3v) is 6.38. The molecule has 11 heteroatoms. The van der Waals surface area contributed by atoms with Gasteiger partial charge < -0.3 is 9.64 Å². The molecule has 2 aromatic heterocycles. The number of piperidine rings is 1. The second-order valence-corrected chi connectivity index (χ2v) is 8.27. The van der Waals surface area contributed by atoms with Gasteiger partial charge in [0.1, 0.15) is 11.9 Å². The van der Waals surface area contributed by atoms with Crippen molar-refractivity contribution in [3.05, 3.63) is 65.9 Å². The Morgan fingerprint density at radius 3 is 2.52 bits per heavy atom. The molecule has 1 aromatic carbocycles. The Kier molecular flexibility index (Phi) is 5.06. The number of alkyl halides is 3. The molecule has 1 aliphatic carbocycles. The molecule has 4 unspecified atom stereocenters. The normalized spacial score (nSPS) is 24.3. The molecule has 0 spiro atoms. The van der Waals surface area contributed by atoms with E-state index in [1.807, 2.05) is 6.92 Å². The predicted molar refractivity (Wildman–Crippen MR) is 107 cm³/mol. The van der Waals surface area contributed by atoms with Gasteiger partial charge >= 0.3 is 6.18 Å². The van der Waals surface area contributed by atoms with Crippen molar-refractivity contribution in [1.82, 2.24) is 24.9 Å². The number of carbonyl (C=O) groups excluding carboxylic acids is 1. The summed E-state index contributed by atoms with van der Waals surface area (Å²) in [6, 6.07) is 5.51. The highest BCUT2D eigenvalue weighted by Crippen LogP contribution is 2.45. The van der Waals surface area contributed by atoms with Gasteiger partial charge in [-0.2, -0.15) is 28.2 Å². The number of rotatable bonds is 4. The highest BCUT2D eigenvalue weighted by molar-refractivity contribution is 5.98. The molecule has 172 valence electrons. The van der Waals surface area contributed by atoms with Crippen LogP contribution >= 0.6 is 0 Å². The van der Waals surface area contributed by atoms with Crippen LogP contribution in [-0.2, 0) is 6.18 Å². The van der Waals surface area contributed by atoms with Crippen molar-refractivity contribution >= 4 is 5.91 Å². The smallest absolute Gasteiger partial charge is 0.417 e. The SMILES string of the molecule is CC1C2CC(Oc3ccc(C(F)(F)F)cn3)C(C2)N1C(=O)c1cc(F)ccc1-n1nccn1. The van der Waals surface area contributed by atoms with Crippen molar-refractivity contribution in [2.45, 2.75) is 44.1 Å². The molecule has 2 aliphatic rings. The highest BCUT2D eigenvalue weighted by atomic mass is 19.4.